The largest absolute Gasteiger partial charge is 0.465 e. The molecule has 0 amide bonds. The molecule has 5 rings (SSSR count). The Hall–Kier alpha value is -1.53. The molecule has 1 aliphatic heterocycles. The van der Waals surface area contributed by atoms with Gasteiger partial charge in [0.25, 0.3) is 0 Å². The number of methoxy groups -OCH3 is 1. The zero-order valence-corrected chi connectivity index (χ0v) is 15.5. The number of aromatic amines is 1. The normalized spacial score (nSPS) is 32.3. The average molecular weight is 373 g/mol. The monoisotopic (exact) mass is 373 g/mol. The van der Waals surface area contributed by atoms with Crippen LogP contribution in [0.4, 0.5) is 0 Å². The molecule has 25 heavy (non-hydrogen) atoms. The standard InChI is InChI=1S/C19H19NO3S2/c1-23-18(21)10-4-2-9(3-5-10)13-14-11-6-7-12(8-11)15(14)24-17-16(13)25-19(22)20-17/h2-5,11-15H,6-8H2,1H3,(H,20,22)/t11-,12-,13+,14+,15+/m1/s1. The smallest absolute Gasteiger partial charge is 0.337 e. The molecular formula is C19H19NO3S2. The van der Waals surface area contributed by atoms with Crippen LogP contribution in [0.1, 0.15) is 46.0 Å². The zero-order valence-electron chi connectivity index (χ0n) is 13.9. The first-order chi connectivity index (χ1) is 12.2. The summed E-state index contributed by atoms with van der Waals surface area (Å²) in [6.45, 7) is 0. The van der Waals surface area contributed by atoms with Gasteiger partial charge in [-0.05, 0) is 54.7 Å². The molecule has 6 heteroatoms. The third-order valence-corrected chi connectivity index (χ3v) is 8.78. The van der Waals surface area contributed by atoms with Crippen molar-refractivity contribution in [2.45, 2.75) is 35.5 Å². The highest BCUT2D eigenvalue weighted by Gasteiger charge is 2.54. The predicted octanol–water partition coefficient (Wildman–Crippen LogP) is 3.88. The number of H-pyrrole nitrogens is 1. The van der Waals surface area contributed by atoms with Crippen LogP contribution < -0.4 is 4.87 Å². The Labute approximate surface area is 154 Å². The molecule has 2 saturated carbocycles. The van der Waals surface area contributed by atoms with E-state index in [-0.39, 0.29) is 16.8 Å². The van der Waals surface area contributed by atoms with Crippen LogP contribution in [-0.2, 0) is 4.74 Å². The number of carbonyl (C=O) groups excluding carboxylic acids is 1. The Balaban J connectivity index is 1.60. The van der Waals surface area contributed by atoms with Gasteiger partial charge < -0.3 is 9.72 Å². The maximum Gasteiger partial charge on any atom is 0.337 e. The number of hydrogen-bond donors (Lipinski definition) is 1. The van der Waals surface area contributed by atoms with E-state index >= 15 is 0 Å². The number of ether oxygens (including phenoxy) is 1. The number of fused-ring (bicyclic) bond motifs is 6. The van der Waals surface area contributed by atoms with Crippen molar-refractivity contribution in [2.24, 2.45) is 17.8 Å². The maximum atomic E-state index is 12.0. The topological polar surface area (TPSA) is 59.2 Å². The number of carbonyl (C=O) groups is 1. The van der Waals surface area contributed by atoms with Crippen LogP contribution >= 0.6 is 23.1 Å². The van der Waals surface area contributed by atoms with E-state index in [4.69, 9.17) is 4.74 Å². The Kier molecular flexibility index (Phi) is 3.61. The number of hydrogen-bond acceptors (Lipinski definition) is 5. The van der Waals surface area contributed by atoms with Crippen molar-refractivity contribution in [3.8, 4) is 0 Å². The van der Waals surface area contributed by atoms with Gasteiger partial charge in [0.1, 0.15) is 0 Å². The minimum absolute atomic E-state index is 0.0426. The Morgan fingerprint density at radius 1 is 1.20 bits per heavy atom. The van der Waals surface area contributed by atoms with Crippen LogP contribution in [0.2, 0.25) is 0 Å². The number of thioether (sulfide) groups is 1. The van der Waals surface area contributed by atoms with Gasteiger partial charge in [0.2, 0.25) is 0 Å². The van der Waals surface area contributed by atoms with Gasteiger partial charge in [-0.15, -0.1) is 11.8 Å². The number of thiazole rings is 1. The number of esters is 1. The lowest BCUT2D eigenvalue weighted by Gasteiger charge is -2.40. The first-order valence-electron chi connectivity index (χ1n) is 8.73. The van der Waals surface area contributed by atoms with E-state index in [0.29, 0.717) is 16.7 Å². The number of benzene rings is 1. The predicted molar refractivity (Wildman–Crippen MR) is 98.5 cm³/mol. The Morgan fingerprint density at radius 2 is 1.96 bits per heavy atom. The summed E-state index contributed by atoms with van der Waals surface area (Å²) in [5.41, 5.74) is 1.79. The molecule has 2 aromatic rings. The van der Waals surface area contributed by atoms with Crippen molar-refractivity contribution in [1.29, 1.82) is 0 Å². The van der Waals surface area contributed by atoms with Crippen molar-refractivity contribution >= 4 is 29.1 Å². The lowest BCUT2D eigenvalue weighted by atomic mass is 9.75. The molecule has 130 valence electrons. The Morgan fingerprint density at radius 3 is 2.72 bits per heavy atom. The lowest BCUT2D eigenvalue weighted by molar-refractivity contribution is 0.0600. The summed E-state index contributed by atoms with van der Waals surface area (Å²) in [7, 11) is 1.40. The molecule has 1 N–H and O–H groups in total. The van der Waals surface area contributed by atoms with Crippen molar-refractivity contribution < 1.29 is 9.53 Å². The molecule has 5 atom stereocenters. The van der Waals surface area contributed by atoms with Crippen molar-refractivity contribution in [3.63, 3.8) is 0 Å². The van der Waals surface area contributed by atoms with Gasteiger partial charge in [-0.3, -0.25) is 4.79 Å². The van der Waals surface area contributed by atoms with E-state index in [1.165, 1.54) is 48.1 Å². The summed E-state index contributed by atoms with van der Waals surface area (Å²) in [4.78, 5) is 28.0. The number of aromatic nitrogens is 1. The maximum absolute atomic E-state index is 12.0. The van der Waals surface area contributed by atoms with Crippen LogP contribution in [0.5, 0.6) is 0 Å². The van der Waals surface area contributed by atoms with Crippen LogP contribution in [0.15, 0.2) is 34.1 Å². The summed E-state index contributed by atoms with van der Waals surface area (Å²) < 4.78 is 4.80. The second kappa shape index (κ2) is 5.74. The molecule has 2 heterocycles. The molecule has 1 aromatic heterocycles. The van der Waals surface area contributed by atoms with Crippen LogP contribution in [0.25, 0.3) is 0 Å². The fourth-order valence-corrected chi connectivity index (χ4v) is 8.06. The second-order valence-electron chi connectivity index (χ2n) is 7.29. The first kappa shape index (κ1) is 15.7. The molecule has 0 spiro atoms. The second-order valence-corrected chi connectivity index (χ2v) is 9.50. The van der Waals surface area contributed by atoms with Crippen molar-refractivity contribution in [3.05, 3.63) is 49.9 Å². The van der Waals surface area contributed by atoms with Crippen molar-refractivity contribution in [1.82, 2.24) is 4.98 Å². The summed E-state index contributed by atoms with van der Waals surface area (Å²) in [6, 6.07) is 7.79. The average Bonchev–Trinajstić information content (AvgIpc) is 3.33. The molecule has 2 bridgehead atoms. The SMILES string of the molecule is COC(=O)c1ccc([C@@H]2c3sc(=O)[nH]c3S[C@H]3[C@@H]4CC[C@H](C4)[C@@H]23)cc1. The number of nitrogens with one attached hydrogen (secondary N) is 1. The van der Waals surface area contributed by atoms with Crippen LogP contribution in [-0.4, -0.2) is 23.3 Å². The molecular weight excluding hydrogens is 354 g/mol. The Bertz CT molecular complexity index is 885. The molecule has 1 aromatic carbocycles. The van der Waals surface area contributed by atoms with E-state index in [2.05, 4.69) is 4.98 Å². The lowest BCUT2D eigenvalue weighted by Crippen LogP contribution is -2.33. The van der Waals surface area contributed by atoms with Gasteiger partial charge >= 0.3 is 10.8 Å². The van der Waals surface area contributed by atoms with Crippen LogP contribution in [0, 0.1) is 17.8 Å². The molecule has 0 unspecified atom stereocenters. The van der Waals surface area contributed by atoms with Gasteiger partial charge in [0.15, 0.2) is 0 Å². The van der Waals surface area contributed by atoms with E-state index in [9.17, 15) is 9.59 Å². The first-order valence-corrected chi connectivity index (χ1v) is 10.4. The zero-order chi connectivity index (χ0) is 17.1. The third kappa shape index (κ3) is 2.34. The summed E-state index contributed by atoms with van der Waals surface area (Å²) in [6.07, 6.45) is 3.98. The van der Waals surface area contributed by atoms with E-state index in [1.54, 1.807) is 0 Å². The summed E-state index contributed by atoms with van der Waals surface area (Å²) >= 11 is 3.26. The highest BCUT2D eigenvalue weighted by molar-refractivity contribution is 8.00. The molecule has 0 radical (unpaired) electrons. The van der Waals surface area contributed by atoms with Crippen LogP contribution in [0.3, 0.4) is 0 Å². The fourth-order valence-electron chi connectivity index (χ4n) is 5.17. The third-order valence-electron chi connectivity index (χ3n) is 6.16. The quantitative estimate of drug-likeness (QED) is 0.812. The minimum atomic E-state index is -0.310. The van der Waals surface area contributed by atoms with Gasteiger partial charge in [-0.2, -0.15) is 0 Å². The highest BCUT2D eigenvalue weighted by atomic mass is 32.2. The van der Waals surface area contributed by atoms with E-state index < -0.39 is 0 Å². The minimum Gasteiger partial charge on any atom is -0.465 e. The molecule has 4 nitrogen and oxygen atoms in total. The van der Waals surface area contributed by atoms with Gasteiger partial charge in [-0.25, -0.2) is 4.79 Å². The van der Waals surface area contributed by atoms with Crippen molar-refractivity contribution in [2.75, 3.05) is 7.11 Å². The van der Waals surface area contributed by atoms with Gasteiger partial charge in [0, 0.05) is 16.0 Å². The highest BCUT2D eigenvalue weighted by Crippen LogP contribution is 2.63. The van der Waals surface area contributed by atoms with Gasteiger partial charge in [-0.1, -0.05) is 23.5 Å². The summed E-state index contributed by atoms with van der Waals surface area (Å²) in [5, 5.41) is 1.69. The molecule has 0 saturated heterocycles. The molecule has 3 aliphatic rings. The van der Waals surface area contributed by atoms with E-state index in [0.717, 1.165) is 16.9 Å². The van der Waals surface area contributed by atoms with Gasteiger partial charge in [0.05, 0.1) is 17.7 Å². The summed E-state index contributed by atoms with van der Waals surface area (Å²) in [5.74, 6) is 2.11. The fraction of sp³-hybridized carbons (Fsp3) is 0.474. The molecule has 2 aliphatic carbocycles. The molecule has 2 fully saturated rings. The number of rotatable bonds is 2. The van der Waals surface area contributed by atoms with E-state index in [1.807, 2.05) is 36.0 Å².